The summed E-state index contributed by atoms with van der Waals surface area (Å²) >= 11 is 9.46. The van der Waals surface area contributed by atoms with E-state index in [1.807, 2.05) is 20.0 Å². The third-order valence-corrected chi connectivity index (χ3v) is 9.32. The minimum Gasteiger partial charge on any atom is -0.423 e. The van der Waals surface area contributed by atoms with Crippen molar-refractivity contribution in [1.29, 1.82) is 0 Å². The molecule has 0 radical (unpaired) electrons. The highest BCUT2D eigenvalue weighted by Gasteiger charge is 2.53. The Labute approximate surface area is 200 Å². The number of ether oxygens (including phenoxy) is 1. The molecule has 8 nitrogen and oxygen atoms in total. The quantitative estimate of drug-likeness (QED) is 0.591. The number of amides is 2. The van der Waals surface area contributed by atoms with Crippen molar-refractivity contribution in [3.63, 3.8) is 0 Å². The molecule has 3 fully saturated rings. The summed E-state index contributed by atoms with van der Waals surface area (Å²) in [6, 6.07) is 5.48. The Morgan fingerprint density at radius 2 is 1.91 bits per heavy atom. The lowest BCUT2D eigenvalue weighted by molar-refractivity contribution is -0.117. The van der Waals surface area contributed by atoms with Gasteiger partial charge in [-0.25, -0.2) is 14.8 Å². The number of rotatable bonds is 2. The summed E-state index contributed by atoms with van der Waals surface area (Å²) < 4.78 is 6.01. The van der Waals surface area contributed by atoms with Crippen LogP contribution >= 0.6 is 35.1 Å². The molecule has 0 aromatic carbocycles. The van der Waals surface area contributed by atoms with Gasteiger partial charge in [0.1, 0.15) is 16.2 Å². The predicted molar refractivity (Wildman–Crippen MR) is 129 cm³/mol. The summed E-state index contributed by atoms with van der Waals surface area (Å²) in [7, 11) is 2.04. The van der Waals surface area contributed by atoms with Crippen LogP contribution in [-0.4, -0.2) is 93.2 Å². The van der Waals surface area contributed by atoms with Crippen molar-refractivity contribution < 1.29 is 14.3 Å². The summed E-state index contributed by atoms with van der Waals surface area (Å²) in [5.74, 6) is 2.17. The highest BCUT2D eigenvalue weighted by atomic mass is 35.5. The summed E-state index contributed by atoms with van der Waals surface area (Å²) in [5.41, 5.74) is 1.43. The number of carbonyl (C=O) groups excluding carboxylic acids is 2. The number of likely N-dealkylation sites (N-methyl/N-ethyl adjacent to an activating group) is 1. The summed E-state index contributed by atoms with van der Waals surface area (Å²) in [4.78, 5) is 40.8. The number of aryl methyl sites for hydroxylation is 1. The van der Waals surface area contributed by atoms with Gasteiger partial charge in [-0.15, -0.1) is 11.8 Å². The molecule has 0 spiro atoms. The van der Waals surface area contributed by atoms with Gasteiger partial charge in [0, 0.05) is 43.1 Å². The number of hydrogen-bond acceptors (Lipinski definition) is 8. The number of halogens is 1. The number of hydrogen-bond donors (Lipinski definition) is 0. The molecule has 2 aromatic heterocycles. The molecule has 2 amide bonds. The average molecular weight is 494 g/mol. The van der Waals surface area contributed by atoms with Gasteiger partial charge in [-0.1, -0.05) is 11.6 Å². The fraction of sp³-hybridized carbons (Fsp3) is 0.524. The molecule has 3 saturated heterocycles. The van der Waals surface area contributed by atoms with Crippen molar-refractivity contribution in [3.8, 4) is 0 Å². The number of piperazine rings is 1. The van der Waals surface area contributed by atoms with Crippen LogP contribution in [0, 0.1) is 6.92 Å². The number of thioether (sulfide) groups is 2. The highest BCUT2D eigenvalue weighted by molar-refractivity contribution is 8.07. The van der Waals surface area contributed by atoms with E-state index in [1.165, 1.54) is 0 Å². The maximum atomic E-state index is 13.4. The minimum absolute atomic E-state index is 0.0750. The van der Waals surface area contributed by atoms with Gasteiger partial charge in [0.15, 0.2) is 11.9 Å². The molecule has 170 valence electrons. The zero-order chi connectivity index (χ0) is 22.4. The fourth-order valence-electron chi connectivity index (χ4n) is 4.28. The lowest BCUT2D eigenvalue weighted by Crippen LogP contribution is -2.50. The summed E-state index contributed by atoms with van der Waals surface area (Å²) in [6.45, 7) is 4.78. The Hall–Kier alpha value is -1.75. The molecule has 0 bridgehead atoms. The molecule has 32 heavy (non-hydrogen) atoms. The van der Waals surface area contributed by atoms with Gasteiger partial charge in [0.2, 0.25) is 5.91 Å². The first kappa shape index (κ1) is 22.1. The Morgan fingerprint density at radius 1 is 1.16 bits per heavy atom. The molecular weight excluding hydrogens is 470 g/mol. The van der Waals surface area contributed by atoms with Crippen LogP contribution < -0.4 is 4.90 Å². The summed E-state index contributed by atoms with van der Waals surface area (Å²) in [5, 5.41) is 0.831. The zero-order valence-corrected chi connectivity index (χ0v) is 20.3. The first-order valence-electron chi connectivity index (χ1n) is 10.6. The van der Waals surface area contributed by atoms with E-state index in [0.29, 0.717) is 29.7 Å². The van der Waals surface area contributed by atoms with E-state index in [4.69, 9.17) is 16.3 Å². The number of nitrogens with zero attached hydrogens (tertiary/aromatic N) is 5. The Morgan fingerprint density at radius 3 is 2.69 bits per heavy atom. The van der Waals surface area contributed by atoms with E-state index in [2.05, 4.69) is 14.9 Å². The number of pyridine rings is 2. The SMILES string of the molecule is Cc1cc(Cl)nc2nc(N3C(=O)C4SCCSC4C3OC(=O)N3CCN(C)CC3)ccc12. The van der Waals surface area contributed by atoms with Crippen molar-refractivity contribution in [1.82, 2.24) is 19.8 Å². The van der Waals surface area contributed by atoms with Gasteiger partial charge >= 0.3 is 6.09 Å². The Kier molecular flexibility index (Phi) is 6.13. The van der Waals surface area contributed by atoms with Gasteiger partial charge in [-0.3, -0.25) is 9.69 Å². The number of aromatic nitrogens is 2. The second kappa shape index (κ2) is 8.89. The third kappa shape index (κ3) is 4.02. The highest BCUT2D eigenvalue weighted by Crippen LogP contribution is 2.43. The molecule has 2 aromatic rings. The molecule has 11 heteroatoms. The van der Waals surface area contributed by atoms with Crippen molar-refractivity contribution in [2.45, 2.75) is 23.7 Å². The van der Waals surface area contributed by atoms with Crippen LogP contribution in [0.15, 0.2) is 18.2 Å². The molecule has 0 N–H and O–H groups in total. The molecule has 5 rings (SSSR count). The van der Waals surface area contributed by atoms with E-state index >= 15 is 0 Å². The van der Waals surface area contributed by atoms with Crippen LogP contribution in [-0.2, 0) is 9.53 Å². The topological polar surface area (TPSA) is 78.9 Å². The predicted octanol–water partition coefficient (Wildman–Crippen LogP) is 2.87. The standard InChI is InChI=1S/C21H24ClN5O3S2/c1-12-11-14(22)23-18-13(12)3-4-15(24-18)27-19(28)16-17(32-10-9-31-16)20(27)30-21(29)26-7-5-25(2)6-8-26/h3-4,11,16-17,20H,5-10H2,1-2H3. The van der Waals surface area contributed by atoms with E-state index < -0.39 is 6.23 Å². The van der Waals surface area contributed by atoms with Gasteiger partial charge in [0.05, 0.1) is 5.25 Å². The molecule has 3 aliphatic heterocycles. The largest absolute Gasteiger partial charge is 0.423 e. The first-order valence-corrected chi connectivity index (χ1v) is 13.0. The smallest absolute Gasteiger partial charge is 0.411 e. The maximum absolute atomic E-state index is 13.4. The van der Waals surface area contributed by atoms with Crippen LogP contribution in [0.25, 0.3) is 11.0 Å². The second-order valence-electron chi connectivity index (χ2n) is 8.20. The lowest BCUT2D eigenvalue weighted by Gasteiger charge is -2.34. The number of anilines is 1. The van der Waals surface area contributed by atoms with E-state index in [9.17, 15) is 9.59 Å². The summed E-state index contributed by atoms with van der Waals surface area (Å²) in [6.07, 6.45) is -1.08. The molecule has 5 heterocycles. The second-order valence-corrected chi connectivity index (χ2v) is 11.1. The van der Waals surface area contributed by atoms with Crippen LogP contribution in [0.4, 0.5) is 10.6 Å². The van der Waals surface area contributed by atoms with Crippen LogP contribution in [0.2, 0.25) is 5.15 Å². The number of carbonyl (C=O) groups is 2. The molecule has 3 aliphatic rings. The van der Waals surface area contributed by atoms with E-state index in [0.717, 1.165) is 35.5 Å². The monoisotopic (exact) mass is 493 g/mol. The zero-order valence-electron chi connectivity index (χ0n) is 17.9. The van der Waals surface area contributed by atoms with Crippen molar-refractivity contribution in [2.24, 2.45) is 0 Å². The molecule has 3 unspecified atom stereocenters. The van der Waals surface area contributed by atoms with Crippen LogP contribution in [0.1, 0.15) is 5.56 Å². The average Bonchev–Trinajstić information content (AvgIpc) is 3.05. The molecule has 0 aliphatic carbocycles. The fourth-order valence-corrected chi connectivity index (χ4v) is 7.50. The Bertz CT molecular complexity index is 1070. The normalized spacial score (nSPS) is 26.5. The van der Waals surface area contributed by atoms with Gasteiger partial charge in [-0.2, -0.15) is 11.8 Å². The van der Waals surface area contributed by atoms with Crippen LogP contribution in [0.3, 0.4) is 0 Å². The first-order chi connectivity index (χ1) is 15.4. The Balaban J connectivity index is 1.48. The number of fused-ring (bicyclic) bond motifs is 2. The van der Waals surface area contributed by atoms with Crippen molar-refractivity contribution in [3.05, 3.63) is 28.9 Å². The van der Waals surface area contributed by atoms with E-state index in [1.54, 1.807) is 45.5 Å². The van der Waals surface area contributed by atoms with Crippen LogP contribution in [0.5, 0.6) is 0 Å². The van der Waals surface area contributed by atoms with Crippen molar-refractivity contribution >= 4 is 64.0 Å². The van der Waals surface area contributed by atoms with Gasteiger partial charge < -0.3 is 14.5 Å². The van der Waals surface area contributed by atoms with Crippen molar-refractivity contribution in [2.75, 3.05) is 49.6 Å². The molecular formula is C21H24ClN5O3S2. The molecule has 3 atom stereocenters. The lowest BCUT2D eigenvalue weighted by atomic mass is 10.2. The third-order valence-electron chi connectivity index (χ3n) is 6.07. The van der Waals surface area contributed by atoms with E-state index in [-0.39, 0.29) is 22.5 Å². The van der Waals surface area contributed by atoms with Gasteiger partial charge in [0.25, 0.3) is 0 Å². The maximum Gasteiger partial charge on any atom is 0.411 e. The minimum atomic E-state index is -0.706. The van der Waals surface area contributed by atoms with Gasteiger partial charge in [-0.05, 0) is 37.7 Å². The molecule has 0 saturated carbocycles.